The Labute approximate surface area is 142 Å². The van der Waals surface area contributed by atoms with Gasteiger partial charge in [-0.2, -0.15) is 0 Å². The number of hydrogen-bond donors (Lipinski definition) is 1. The summed E-state index contributed by atoms with van der Waals surface area (Å²) >= 11 is 0. The third-order valence-corrected chi connectivity index (χ3v) is 3.24. The predicted octanol–water partition coefficient (Wildman–Crippen LogP) is 3.75. The molecule has 0 aliphatic heterocycles. The van der Waals surface area contributed by atoms with Gasteiger partial charge < -0.3 is 19.5 Å². The fourth-order valence-electron chi connectivity index (χ4n) is 2.03. The normalized spacial score (nSPS) is 10.2. The quantitative estimate of drug-likeness (QED) is 0.712. The van der Waals surface area contributed by atoms with Crippen LogP contribution in [-0.4, -0.2) is 32.8 Å². The number of carbonyl (C=O) groups is 1. The first kappa shape index (κ1) is 17.8. The van der Waals surface area contributed by atoms with Gasteiger partial charge in [0, 0.05) is 24.4 Å². The van der Waals surface area contributed by atoms with Crippen molar-refractivity contribution in [2.24, 2.45) is 0 Å². The molecule has 128 valence electrons. The minimum Gasteiger partial charge on any atom is -0.494 e. The number of amides is 1. The average Bonchev–Trinajstić information content (AvgIpc) is 2.61. The zero-order valence-corrected chi connectivity index (χ0v) is 14.1. The first-order chi connectivity index (χ1) is 11.7. The van der Waals surface area contributed by atoms with Gasteiger partial charge >= 0.3 is 0 Å². The van der Waals surface area contributed by atoms with Crippen LogP contribution in [0.5, 0.6) is 11.5 Å². The fourth-order valence-corrected chi connectivity index (χ4v) is 2.03. The van der Waals surface area contributed by atoms with E-state index >= 15 is 0 Å². The van der Waals surface area contributed by atoms with Crippen LogP contribution in [0.4, 0.5) is 5.69 Å². The Morgan fingerprint density at radius 3 is 2.42 bits per heavy atom. The smallest absolute Gasteiger partial charge is 0.255 e. The molecule has 1 N–H and O–H groups in total. The molecule has 0 unspecified atom stereocenters. The van der Waals surface area contributed by atoms with Gasteiger partial charge in [-0.25, -0.2) is 0 Å². The highest BCUT2D eigenvalue weighted by molar-refractivity contribution is 6.04. The monoisotopic (exact) mass is 329 g/mol. The van der Waals surface area contributed by atoms with Crippen molar-refractivity contribution < 1.29 is 19.0 Å². The van der Waals surface area contributed by atoms with E-state index in [0.29, 0.717) is 36.8 Å². The lowest BCUT2D eigenvalue weighted by Gasteiger charge is -2.09. The van der Waals surface area contributed by atoms with E-state index in [2.05, 4.69) is 5.32 Å². The number of ether oxygens (including phenoxy) is 3. The first-order valence-corrected chi connectivity index (χ1v) is 7.99. The number of hydrogen-bond acceptors (Lipinski definition) is 4. The summed E-state index contributed by atoms with van der Waals surface area (Å²) in [5, 5.41) is 2.87. The molecular formula is C19H23NO4. The molecule has 2 rings (SSSR count). The highest BCUT2D eigenvalue weighted by Crippen LogP contribution is 2.19. The number of anilines is 1. The maximum Gasteiger partial charge on any atom is 0.255 e. The van der Waals surface area contributed by atoms with Gasteiger partial charge in [0.2, 0.25) is 0 Å². The van der Waals surface area contributed by atoms with Crippen LogP contribution in [0, 0.1) is 0 Å². The highest BCUT2D eigenvalue weighted by atomic mass is 16.5. The molecule has 0 radical (unpaired) electrons. The molecule has 0 atom stereocenters. The number of rotatable bonds is 9. The molecule has 5 heteroatoms. The van der Waals surface area contributed by atoms with Crippen molar-refractivity contribution in [1.29, 1.82) is 0 Å². The second-order valence-electron chi connectivity index (χ2n) is 5.20. The maximum absolute atomic E-state index is 12.3. The van der Waals surface area contributed by atoms with E-state index in [1.165, 1.54) is 0 Å². The largest absolute Gasteiger partial charge is 0.494 e. The summed E-state index contributed by atoms with van der Waals surface area (Å²) in [6, 6.07) is 14.4. The van der Waals surface area contributed by atoms with Crippen LogP contribution in [-0.2, 0) is 4.74 Å². The maximum atomic E-state index is 12.3. The molecule has 0 aliphatic carbocycles. The Bertz CT molecular complexity index is 640. The number of nitrogens with one attached hydrogen (secondary N) is 1. The molecule has 5 nitrogen and oxygen atoms in total. The summed E-state index contributed by atoms with van der Waals surface area (Å²) in [4.78, 5) is 12.3. The molecule has 2 aromatic rings. The van der Waals surface area contributed by atoms with Crippen LogP contribution < -0.4 is 14.8 Å². The molecule has 2 aromatic carbocycles. The van der Waals surface area contributed by atoms with Crippen LogP contribution in [0.2, 0.25) is 0 Å². The lowest BCUT2D eigenvalue weighted by Crippen LogP contribution is -2.12. The molecule has 24 heavy (non-hydrogen) atoms. The van der Waals surface area contributed by atoms with Gasteiger partial charge in [0.25, 0.3) is 5.91 Å². The topological polar surface area (TPSA) is 56.8 Å². The van der Waals surface area contributed by atoms with Gasteiger partial charge in [0.1, 0.15) is 18.1 Å². The second-order valence-corrected chi connectivity index (χ2v) is 5.20. The van der Waals surface area contributed by atoms with Crippen LogP contribution in [0.1, 0.15) is 23.7 Å². The van der Waals surface area contributed by atoms with Crippen molar-refractivity contribution in [1.82, 2.24) is 0 Å². The molecule has 0 fully saturated rings. The van der Waals surface area contributed by atoms with E-state index in [1.807, 2.05) is 31.2 Å². The van der Waals surface area contributed by atoms with Crippen molar-refractivity contribution in [3.63, 3.8) is 0 Å². The average molecular weight is 329 g/mol. The minimum absolute atomic E-state index is 0.175. The van der Waals surface area contributed by atoms with Gasteiger partial charge in [-0.15, -0.1) is 0 Å². The van der Waals surface area contributed by atoms with Crippen molar-refractivity contribution in [3.05, 3.63) is 54.1 Å². The number of benzene rings is 2. The summed E-state index contributed by atoms with van der Waals surface area (Å²) in [6.45, 7) is 3.71. The molecule has 0 spiro atoms. The van der Waals surface area contributed by atoms with Crippen LogP contribution in [0.15, 0.2) is 48.5 Å². The highest BCUT2D eigenvalue weighted by Gasteiger charge is 2.07. The summed E-state index contributed by atoms with van der Waals surface area (Å²) in [6.07, 6.45) is 0.940. The van der Waals surface area contributed by atoms with E-state index < -0.39 is 0 Å². The molecule has 0 heterocycles. The van der Waals surface area contributed by atoms with E-state index in [9.17, 15) is 4.79 Å². The zero-order valence-electron chi connectivity index (χ0n) is 14.1. The molecule has 0 saturated heterocycles. The van der Waals surface area contributed by atoms with E-state index in [-0.39, 0.29) is 5.91 Å². The molecule has 0 aromatic heterocycles. The Morgan fingerprint density at radius 2 is 1.71 bits per heavy atom. The van der Waals surface area contributed by atoms with Gasteiger partial charge in [-0.1, -0.05) is 13.0 Å². The Hall–Kier alpha value is -2.53. The summed E-state index contributed by atoms with van der Waals surface area (Å²) < 4.78 is 16.0. The molecule has 0 aliphatic rings. The second kappa shape index (κ2) is 9.57. The zero-order chi connectivity index (χ0) is 17.2. The minimum atomic E-state index is -0.175. The third-order valence-electron chi connectivity index (χ3n) is 3.24. The first-order valence-electron chi connectivity index (χ1n) is 7.99. The molecule has 0 bridgehead atoms. The lowest BCUT2D eigenvalue weighted by molar-refractivity contribution is 0.102. The summed E-state index contributed by atoms with van der Waals surface area (Å²) in [5.41, 5.74) is 1.27. The molecular weight excluding hydrogens is 306 g/mol. The Morgan fingerprint density at radius 1 is 0.958 bits per heavy atom. The molecule has 1 amide bonds. The van der Waals surface area contributed by atoms with E-state index in [0.717, 1.165) is 12.2 Å². The van der Waals surface area contributed by atoms with E-state index in [1.54, 1.807) is 31.4 Å². The number of carbonyl (C=O) groups excluding carboxylic acids is 1. The van der Waals surface area contributed by atoms with Crippen molar-refractivity contribution in [2.75, 3.05) is 32.2 Å². The van der Waals surface area contributed by atoms with Gasteiger partial charge in [-0.05, 0) is 42.8 Å². The summed E-state index contributed by atoms with van der Waals surface area (Å²) in [7, 11) is 1.62. The van der Waals surface area contributed by atoms with Gasteiger partial charge in [0.15, 0.2) is 0 Å². The van der Waals surface area contributed by atoms with Gasteiger partial charge in [-0.3, -0.25) is 4.79 Å². The molecule has 0 saturated carbocycles. The SMILES string of the molecule is CCCOc1cccc(NC(=O)c2ccc(OCCOC)cc2)c1. The fraction of sp³-hybridized carbons (Fsp3) is 0.316. The third kappa shape index (κ3) is 5.59. The summed E-state index contributed by atoms with van der Waals surface area (Å²) in [5.74, 6) is 1.28. The van der Waals surface area contributed by atoms with E-state index in [4.69, 9.17) is 14.2 Å². The van der Waals surface area contributed by atoms with Crippen molar-refractivity contribution in [3.8, 4) is 11.5 Å². The Balaban J connectivity index is 1.94. The van der Waals surface area contributed by atoms with Crippen molar-refractivity contribution in [2.45, 2.75) is 13.3 Å². The van der Waals surface area contributed by atoms with Crippen LogP contribution >= 0.6 is 0 Å². The lowest BCUT2D eigenvalue weighted by atomic mass is 10.2. The van der Waals surface area contributed by atoms with Gasteiger partial charge in [0.05, 0.1) is 13.2 Å². The Kier molecular flexibility index (Phi) is 7.11. The van der Waals surface area contributed by atoms with Crippen LogP contribution in [0.3, 0.4) is 0 Å². The number of methoxy groups -OCH3 is 1. The van der Waals surface area contributed by atoms with Crippen molar-refractivity contribution >= 4 is 11.6 Å². The predicted molar refractivity (Wildman–Crippen MR) is 94.0 cm³/mol. The van der Waals surface area contributed by atoms with Crippen LogP contribution in [0.25, 0.3) is 0 Å². The standard InChI is InChI=1S/C19H23NO4/c1-3-11-23-18-6-4-5-16(14-18)20-19(21)15-7-9-17(10-8-15)24-13-12-22-2/h4-10,14H,3,11-13H2,1-2H3,(H,20,21).